The van der Waals surface area contributed by atoms with Crippen molar-refractivity contribution in [3.8, 4) is 47.4 Å². The molecule has 348 valence electrons. The maximum atomic E-state index is 5.98. The summed E-state index contributed by atoms with van der Waals surface area (Å²) in [7, 11) is 4.59. The van der Waals surface area contributed by atoms with E-state index in [-0.39, 0.29) is 12.4 Å². The Morgan fingerprint density at radius 1 is 0.283 bits per heavy atom. The molecule has 0 saturated carbocycles. The molecule has 0 bridgehead atoms. The molecule has 0 aliphatic carbocycles. The zero-order chi connectivity index (χ0) is 42.7. The van der Waals surface area contributed by atoms with Gasteiger partial charge in [0.25, 0.3) is 0 Å². The predicted molar refractivity (Wildman–Crippen MR) is 261 cm³/mol. The maximum absolute atomic E-state index is 5.98. The minimum Gasteiger partial charge on any atom is -1.00 e. The van der Waals surface area contributed by atoms with E-state index >= 15 is 0 Å². The van der Waals surface area contributed by atoms with E-state index in [1.165, 1.54) is 218 Å². The predicted octanol–water partition coefficient (Wildman–Crippen LogP) is 13.0. The van der Waals surface area contributed by atoms with E-state index in [0.29, 0.717) is 0 Å². The first kappa shape index (κ1) is 60.5. The first-order valence-electron chi connectivity index (χ1n) is 26.0. The summed E-state index contributed by atoms with van der Waals surface area (Å²) < 4.78 is 12.9. The lowest BCUT2D eigenvalue weighted by atomic mass is 10.1. The molecule has 0 radical (unpaired) electrons. The molecule has 3 nitrogen and oxygen atoms in total. The smallest absolute Gasteiger partial charge is 0.102 e. The van der Waals surface area contributed by atoms with Gasteiger partial charge in [-0.3, -0.25) is 0 Å². The second-order valence-corrected chi connectivity index (χ2v) is 18.1. The Kier molecular flexibility index (Phi) is 54.0. The Balaban J connectivity index is 0. The molecular weight excluding hydrogens is 754 g/mol. The van der Waals surface area contributed by atoms with Gasteiger partial charge in [-0.1, -0.05) is 217 Å². The van der Waals surface area contributed by atoms with Gasteiger partial charge < -0.3 is 26.4 Å². The Morgan fingerprint density at radius 3 is 0.750 bits per heavy atom. The standard InChI is InChI=1S/C56H100NO2.ClH/c1-5-7-9-11-13-15-17-19-21-23-25-27-29-31-33-35-37-39-41-43-45-47-49-53-58-55-51-57(3,4)52-56-59-54-50-48-46-44-42-40-38-36-34-32-30-28-26-24-22-20-18-16-14-12-10-8-6-2;/h5-26,35-56H2,1-4H3;1H/q+1;/p-1. The lowest BCUT2D eigenvalue weighted by Crippen LogP contribution is -3.00. The summed E-state index contributed by atoms with van der Waals surface area (Å²) in [6.07, 6.45) is 49.5. The topological polar surface area (TPSA) is 18.5 Å². The Labute approximate surface area is 383 Å². The first-order valence-corrected chi connectivity index (χ1v) is 26.0. The van der Waals surface area contributed by atoms with E-state index in [1.54, 1.807) is 0 Å². The van der Waals surface area contributed by atoms with Crippen LogP contribution in [0.15, 0.2) is 0 Å². The van der Waals surface area contributed by atoms with Crippen molar-refractivity contribution >= 4 is 0 Å². The van der Waals surface area contributed by atoms with Crippen molar-refractivity contribution in [2.75, 3.05) is 53.6 Å². The monoisotopic (exact) mass is 854 g/mol. The number of hydrogen-bond acceptors (Lipinski definition) is 2. The molecular formula is C56H100ClNO2. The third kappa shape index (κ3) is 54.4. The number of rotatable bonds is 44. The number of nitrogens with zero attached hydrogens (tertiary/aromatic N) is 1. The van der Waals surface area contributed by atoms with E-state index in [9.17, 15) is 0 Å². The lowest BCUT2D eigenvalue weighted by Gasteiger charge is -2.29. The fraction of sp³-hybridized carbons (Fsp3) is 0.857. The number of quaternary nitrogens is 1. The molecule has 0 atom stereocenters. The van der Waals surface area contributed by atoms with E-state index in [4.69, 9.17) is 9.47 Å². The summed E-state index contributed by atoms with van der Waals surface area (Å²) in [5, 5.41) is 0. The zero-order valence-electron chi connectivity index (χ0n) is 40.8. The van der Waals surface area contributed by atoms with Crippen LogP contribution in [-0.4, -0.2) is 58.1 Å². The molecule has 60 heavy (non-hydrogen) atoms. The fourth-order valence-corrected chi connectivity index (χ4v) is 7.37. The molecule has 0 aliphatic heterocycles. The molecule has 0 fully saturated rings. The molecule has 0 rings (SSSR count). The van der Waals surface area contributed by atoms with Crippen LogP contribution in [0.25, 0.3) is 0 Å². The van der Waals surface area contributed by atoms with Crippen LogP contribution >= 0.6 is 0 Å². The largest absolute Gasteiger partial charge is 1.00 e. The molecule has 0 aromatic heterocycles. The van der Waals surface area contributed by atoms with E-state index < -0.39 is 0 Å². The van der Waals surface area contributed by atoms with Gasteiger partial charge in [0.2, 0.25) is 0 Å². The van der Waals surface area contributed by atoms with Crippen LogP contribution in [-0.2, 0) is 9.47 Å². The summed E-state index contributed by atoms with van der Waals surface area (Å²) in [6.45, 7) is 10.2. The van der Waals surface area contributed by atoms with Gasteiger partial charge >= 0.3 is 0 Å². The van der Waals surface area contributed by atoms with Crippen LogP contribution in [0, 0.1) is 47.4 Å². The normalized spacial score (nSPS) is 10.7. The molecule has 0 aromatic carbocycles. The number of likely N-dealkylation sites (N-methyl/N-ethyl adjacent to an activating group) is 1. The van der Waals surface area contributed by atoms with Crippen LogP contribution in [0.1, 0.15) is 258 Å². The van der Waals surface area contributed by atoms with Crippen molar-refractivity contribution < 1.29 is 26.4 Å². The second kappa shape index (κ2) is 53.5. The molecule has 0 amide bonds. The van der Waals surface area contributed by atoms with Gasteiger partial charge in [0.15, 0.2) is 0 Å². The quantitative estimate of drug-likeness (QED) is 0.0345. The third-order valence-electron chi connectivity index (χ3n) is 11.7. The van der Waals surface area contributed by atoms with Crippen molar-refractivity contribution in [3.05, 3.63) is 0 Å². The fourth-order valence-electron chi connectivity index (χ4n) is 7.37. The molecule has 0 heterocycles. The van der Waals surface area contributed by atoms with Crippen molar-refractivity contribution in [1.29, 1.82) is 0 Å². The van der Waals surface area contributed by atoms with Gasteiger partial charge in [-0.2, -0.15) is 0 Å². The molecule has 0 N–H and O–H groups in total. The van der Waals surface area contributed by atoms with Crippen LogP contribution in [0.3, 0.4) is 0 Å². The van der Waals surface area contributed by atoms with Crippen molar-refractivity contribution in [1.82, 2.24) is 0 Å². The number of halogens is 1. The van der Waals surface area contributed by atoms with Crippen molar-refractivity contribution in [2.24, 2.45) is 0 Å². The molecule has 4 heteroatoms. The van der Waals surface area contributed by atoms with Crippen molar-refractivity contribution in [3.63, 3.8) is 0 Å². The molecule has 0 unspecified atom stereocenters. The summed E-state index contributed by atoms with van der Waals surface area (Å²) in [4.78, 5) is 0. The van der Waals surface area contributed by atoms with Gasteiger partial charge in [0.1, 0.15) is 13.1 Å². The molecule has 0 saturated heterocycles. The van der Waals surface area contributed by atoms with Crippen LogP contribution in [0.4, 0.5) is 0 Å². The first-order chi connectivity index (χ1) is 29.1. The van der Waals surface area contributed by atoms with E-state index in [0.717, 1.165) is 69.7 Å². The van der Waals surface area contributed by atoms with Crippen LogP contribution in [0.5, 0.6) is 0 Å². The highest BCUT2D eigenvalue weighted by molar-refractivity contribution is 5.26. The minimum atomic E-state index is 0. The van der Waals surface area contributed by atoms with Gasteiger partial charge in [-0.05, 0) is 62.2 Å². The second-order valence-electron chi connectivity index (χ2n) is 18.1. The average molecular weight is 855 g/mol. The zero-order valence-corrected chi connectivity index (χ0v) is 41.5. The van der Waals surface area contributed by atoms with E-state index in [1.807, 2.05) is 0 Å². The maximum Gasteiger partial charge on any atom is 0.102 e. The Bertz CT molecular complexity index is 1020. The summed E-state index contributed by atoms with van der Waals surface area (Å²) in [6, 6.07) is 0. The molecule has 0 spiro atoms. The van der Waals surface area contributed by atoms with E-state index in [2.05, 4.69) is 75.3 Å². The Morgan fingerprint density at radius 2 is 0.500 bits per heavy atom. The highest BCUT2D eigenvalue weighted by Gasteiger charge is 2.14. The SMILES string of the molecule is CCCCCCCCCCCCC#CC#CCCCCCCCCCOCC[N+](C)(C)CCOCCCCCCCCCC#CC#CCCCCCCCCCCCC.[Cl-]. The minimum absolute atomic E-state index is 0. The van der Waals surface area contributed by atoms with Gasteiger partial charge in [0.05, 0.1) is 27.3 Å². The Hall–Kier alpha value is -1.59. The lowest BCUT2D eigenvalue weighted by molar-refractivity contribution is -0.891. The van der Waals surface area contributed by atoms with Crippen LogP contribution in [0.2, 0.25) is 0 Å². The summed E-state index contributed by atoms with van der Waals surface area (Å²) in [5.74, 6) is 25.3. The highest BCUT2D eigenvalue weighted by Crippen LogP contribution is 2.13. The summed E-state index contributed by atoms with van der Waals surface area (Å²) in [5.41, 5.74) is 0. The number of ether oxygens (including phenoxy) is 2. The molecule has 0 aliphatic rings. The van der Waals surface area contributed by atoms with Crippen molar-refractivity contribution in [2.45, 2.75) is 258 Å². The number of unbranched alkanes of at least 4 members (excludes halogenated alkanes) is 34. The summed E-state index contributed by atoms with van der Waals surface area (Å²) >= 11 is 0. The highest BCUT2D eigenvalue weighted by atomic mass is 35.5. The third-order valence-corrected chi connectivity index (χ3v) is 11.7. The van der Waals surface area contributed by atoms with Gasteiger partial charge in [0, 0.05) is 38.9 Å². The number of hydrogen-bond donors (Lipinski definition) is 0. The average Bonchev–Trinajstić information content (AvgIpc) is 3.23. The van der Waals surface area contributed by atoms with Gasteiger partial charge in [-0.25, -0.2) is 0 Å². The molecule has 0 aromatic rings. The van der Waals surface area contributed by atoms with Crippen LogP contribution < -0.4 is 12.4 Å². The van der Waals surface area contributed by atoms with Gasteiger partial charge in [-0.15, -0.1) is 0 Å².